The molecule has 0 amide bonds. The monoisotopic (exact) mass is 340 g/mol. The molecule has 0 atom stereocenters. The van der Waals surface area contributed by atoms with E-state index in [9.17, 15) is 10.1 Å². The van der Waals surface area contributed by atoms with Crippen molar-refractivity contribution in [3.05, 3.63) is 60.2 Å². The van der Waals surface area contributed by atoms with Crippen LogP contribution >= 0.6 is 27.3 Å². The zero-order valence-corrected chi connectivity index (χ0v) is 12.8. The highest BCUT2D eigenvalue weighted by molar-refractivity contribution is 9.10. The minimum absolute atomic E-state index is 0.109. The summed E-state index contributed by atoms with van der Waals surface area (Å²) in [4.78, 5) is 12.9. The molecule has 1 aromatic heterocycles. The second-order valence-electron chi connectivity index (χ2n) is 4.19. The first-order valence-electron chi connectivity index (χ1n) is 5.74. The third kappa shape index (κ3) is 4.12. The number of nitro benzene ring substituents is 1. The Bertz CT molecular complexity index is 598. The zero-order chi connectivity index (χ0) is 13.8. The van der Waals surface area contributed by atoms with E-state index >= 15 is 0 Å². The molecule has 0 saturated carbocycles. The van der Waals surface area contributed by atoms with E-state index in [0.717, 1.165) is 16.6 Å². The number of nitro groups is 1. The molecule has 6 heteroatoms. The Kier molecular flexibility index (Phi) is 4.68. The fourth-order valence-corrected chi connectivity index (χ4v) is 3.14. The Hall–Kier alpha value is -1.24. The molecule has 0 fully saturated rings. The van der Waals surface area contributed by atoms with Gasteiger partial charge in [0.25, 0.3) is 5.69 Å². The molecule has 1 aromatic carbocycles. The minimum atomic E-state index is -0.378. The quantitative estimate of drug-likeness (QED) is 0.660. The highest BCUT2D eigenvalue weighted by atomic mass is 79.9. The smallest absolute Gasteiger partial charge is 0.270 e. The average molecular weight is 341 g/mol. The van der Waals surface area contributed by atoms with Gasteiger partial charge in [-0.15, -0.1) is 11.3 Å². The lowest BCUT2D eigenvalue weighted by atomic mass is 10.2. The molecule has 1 heterocycles. The Morgan fingerprint density at radius 1 is 1.32 bits per heavy atom. The number of hydrogen-bond donors (Lipinski definition) is 1. The lowest BCUT2D eigenvalue weighted by Gasteiger charge is -2.04. The summed E-state index contributed by atoms with van der Waals surface area (Å²) in [5.41, 5.74) is 1.01. The maximum absolute atomic E-state index is 10.8. The summed E-state index contributed by atoms with van der Waals surface area (Å²) in [5.74, 6) is 0. The molecule has 0 aliphatic rings. The second-order valence-corrected chi connectivity index (χ2v) is 6.48. The van der Waals surface area contributed by atoms with E-state index in [0.29, 0.717) is 6.54 Å². The van der Waals surface area contributed by atoms with E-state index in [1.165, 1.54) is 15.8 Å². The second kappa shape index (κ2) is 6.27. The molecule has 0 saturated heterocycles. The number of thiophene rings is 1. The molecule has 19 heavy (non-hydrogen) atoms. The van der Waals surface area contributed by atoms with Crippen molar-refractivity contribution in [3.63, 3.8) is 0 Å². The normalized spacial score (nSPS) is 10.6. The maximum atomic E-state index is 10.8. The number of rotatable bonds is 5. The first-order valence-corrected chi connectivity index (χ1v) is 7.35. The van der Waals surface area contributed by atoms with Gasteiger partial charge in [0, 0.05) is 39.4 Å². The third-order valence-corrected chi connectivity index (χ3v) is 4.04. The summed E-state index contributed by atoms with van der Waals surface area (Å²) in [6.07, 6.45) is 0. The summed E-state index contributed by atoms with van der Waals surface area (Å²) < 4.78 is 0.727. The summed E-state index contributed by atoms with van der Waals surface area (Å²) in [6.45, 7) is 3.46. The van der Waals surface area contributed by atoms with E-state index in [4.69, 9.17) is 0 Å². The van der Waals surface area contributed by atoms with Crippen LogP contribution in [0.25, 0.3) is 0 Å². The fourth-order valence-electron chi connectivity index (χ4n) is 1.75. The van der Waals surface area contributed by atoms with Crippen LogP contribution < -0.4 is 5.32 Å². The molecule has 0 spiro atoms. The molecule has 2 rings (SSSR count). The van der Waals surface area contributed by atoms with Crippen molar-refractivity contribution in [3.8, 4) is 0 Å². The summed E-state index contributed by atoms with van der Waals surface area (Å²) in [5, 5.41) is 14.1. The third-order valence-electron chi connectivity index (χ3n) is 2.58. The molecular weight excluding hydrogens is 328 g/mol. The number of halogens is 1. The molecule has 0 aliphatic carbocycles. The largest absolute Gasteiger partial charge is 0.308 e. The number of aryl methyl sites for hydroxylation is 1. The predicted octanol–water partition coefficient (Wildman–Crippen LogP) is 4.02. The van der Waals surface area contributed by atoms with Gasteiger partial charge in [0.05, 0.1) is 4.92 Å². The van der Waals surface area contributed by atoms with Gasteiger partial charge < -0.3 is 5.32 Å². The predicted molar refractivity (Wildman–Crippen MR) is 80.4 cm³/mol. The van der Waals surface area contributed by atoms with E-state index < -0.39 is 0 Å². The van der Waals surface area contributed by atoms with Crippen LogP contribution in [-0.2, 0) is 13.1 Å². The van der Waals surface area contributed by atoms with Gasteiger partial charge in [-0.05, 0) is 30.7 Å². The molecule has 4 nitrogen and oxygen atoms in total. The summed E-state index contributed by atoms with van der Waals surface area (Å²) >= 11 is 5.05. The maximum Gasteiger partial charge on any atom is 0.270 e. The highest BCUT2D eigenvalue weighted by Gasteiger charge is 2.08. The molecule has 0 bridgehead atoms. The van der Waals surface area contributed by atoms with Crippen LogP contribution in [0.1, 0.15) is 15.3 Å². The van der Waals surface area contributed by atoms with Gasteiger partial charge >= 0.3 is 0 Å². The van der Waals surface area contributed by atoms with Crippen molar-refractivity contribution in [1.29, 1.82) is 0 Å². The number of nitrogens with one attached hydrogen (secondary N) is 1. The van der Waals surface area contributed by atoms with Gasteiger partial charge in [0.15, 0.2) is 0 Å². The standard InChI is InChI=1S/C13H13BrN2O2S/c1-9-2-3-13(19-9)8-15-7-10-4-11(14)6-12(5-10)16(17)18/h2-6,15H,7-8H2,1H3. The van der Waals surface area contributed by atoms with Crippen LogP contribution in [0.4, 0.5) is 5.69 Å². The van der Waals surface area contributed by atoms with Crippen molar-refractivity contribution in [2.24, 2.45) is 0 Å². The molecule has 100 valence electrons. The molecule has 0 unspecified atom stereocenters. The number of non-ortho nitro benzene ring substituents is 1. The van der Waals surface area contributed by atoms with E-state index in [1.807, 2.05) is 6.07 Å². The highest BCUT2D eigenvalue weighted by Crippen LogP contribution is 2.21. The molecular formula is C13H13BrN2O2S. The van der Waals surface area contributed by atoms with E-state index in [1.54, 1.807) is 17.4 Å². The first-order chi connectivity index (χ1) is 9.04. The van der Waals surface area contributed by atoms with Gasteiger partial charge in [0.2, 0.25) is 0 Å². The number of benzene rings is 1. The van der Waals surface area contributed by atoms with Gasteiger partial charge in [-0.3, -0.25) is 10.1 Å². The minimum Gasteiger partial charge on any atom is -0.308 e. The van der Waals surface area contributed by atoms with Crippen molar-refractivity contribution in [1.82, 2.24) is 5.32 Å². The van der Waals surface area contributed by atoms with Crippen LogP contribution in [0, 0.1) is 17.0 Å². The van der Waals surface area contributed by atoms with Crippen LogP contribution in [0.5, 0.6) is 0 Å². The van der Waals surface area contributed by atoms with Gasteiger partial charge in [-0.1, -0.05) is 15.9 Å². The fraction of sp³-hybridized carbons (Fsp3) is 0.231. The zero-order valence-electron chi connectivity index (χ0n) is 10.4. The number of hydrogen-bond acceptors (Lipinski definition) is 4. The molecule has 0 radical (unpaired) electrons. The summed E-state index contributed by atoms with van der Waals surface area (Å²) in [6, 6.07) is 9.17. The van der Waals surface area contributed by atoms with Crippen LogP contribution in [-0.4, -0.2) is 4.92 Å². The Balaban J connectivity index is 1.97. The lowest BCUT2D eigenvalue weighted by molar-refractivity contribution is -0.385. The first kappa shape index (κ1) is 14.2. The number of nitrogens with zero attached hydrogens (tertiary/aromatic N) is 1. The summed E-state index contributed by atoms with van der Waals surface area (Å²) in [7, 11) is 0. The van der Waals surface area contributed by atoms with E-state index in [2.05, 4.69) is 40.3 Å². The Labute approximate surface area is 123 Å². The van der Waals surface area contributed by atoms with Crippen LogP contribution in [0.2, 0.25) is 0 Å². The lowest BCUT2D eigenvalue weighted by Crippen LogP contribution is -2.11. The van der Waals surface area contributed by atoms with E-state index in [-0.39, 0.29) is 10.6 Å². The topological polar surface area (TPSA) is 55.2 Å². The molecule has 2 aromatic rings. The van der Waals surface area contributed by atoms with Crippen molar-refractivity contribution < 1.29 is 4.92 Å². The Morgan fingerprint density at radius 2 is 2.11 bits per heavy atom. The van der Waals surface area contributed by atoms with Crippen molar-refractivity contribution >= 4 is 33.0 Å². The SMILES string of the molecule is Cc1ccc(CNCc2cc(Br)cc([N+](=O)[O-])c2)s1. The Morgan fingerprint density at radius 3 is 2.74 bits per heavy atom. The van der Waals surface area contributed by atoms with Crippen molar-refractivity contribution in [2.75, 3.05) is 0 Å². The average Bonchev–Trinajstić information content (AvgIpc) is 2.74. The van der Waals surface area contributed by atoms with Crippen molar-refractivity contribution in [2.45, 2.75) is 20.0 Å². The van der Waals surface area contributed by atoms with Gasteiger partial charge in [0.1, 0.15) is 0 Å². The van der Waals surface area contributed by atoms with Crippen LogP contribution in [0.3, 0.4) is 0 Å². The van der Waals surface area contributed by atoms with Crippen LogP contribution in [0.15, 0.2) is 34.8 Å². The molecule has 1 N–H and O–H groups in total. The molecule has 0 aliphatic heterocycles. The van der Waals surface area contributed by atoms with Gasteiger partial charge in [-0.25, -0.2) is 0 Å². The van der Waals surface area contributed by atoms with Gasteiger partial charge in [-0.2, -0.15) is 0 Å².